The maximum absolute atomic E-state index is 11.4. The van der Waals surface area contributed by atoms with E-state index in [4.69, 9.17) is 5.11 Å². The first kappa shape index (κ1) is 11.1. The number of nitrogens with zero attached hydrogens (tertiary/aromatic N) is 4. The molecule has 9 nitrogen and oxygen atoms in total. The zero-order chi connectivity index (χ0) is 12.3. The quantitative estimate of drug-likeness (QED) is 0.655. The van der Waals surface area contributed by atoms with E-state index in [0.29, 0.717) is 5.01 Å². The smallest absolute Gasteiger partial charge is 0.355 e. The fourth-order valence-corrected chi connectivity index (χ4v) is 1.69. The molecule has 0 unspecified atom stereocenters. The lowest BCUT2D eigenvalue weighted by Gasteiger charge is -1.97. The Kier molecular flexibility index (Phi) is 3.05. The lowest BCUT2D eigenvalue weighted by atomic mass is 10.5. The number of nitrogens with one attached hydrogen (secondary N) is 2. The number of hydrogen-bond donors (Lipinski definition) is 3. The fourth-order valence-electron chi connectivity index (χ4n) is 0.983. The average Bonchev–Trinajstić information content (AvgIpc) is 2.97. The number of thiazole rings is 1. The van der Waals surface area contributed by atoms with Gasteiger partial charge in [-0.3, -0.25) is 4.79 Å². The van der Waals surface area contributed by atoms with Gasteiger partial charge in [-0.1, -0.05) is 0 Å². The summed E-state index contributed by atoms with van der Waals surface area (Å²) >= 11 is 1.15. The van der Waals surface area contributed by atoms with Crippen molar-refractivity contribution in [2.45, 2.75) is 6.54 Å². The minimum absolute atomic E-state index is 0.0428. The van der Waals surface area contributed by atoms with Crippen LogP contribution in [0.25, 0.3) is 0 Å². The standard InChI is InChI=1S/C7H6N6O3S/c14-6(5-10-12-13-11-5)8-1-4-9-3(2-17-4)7(15)16/h2H,1H2,(H,8,14)(H,15,16)(H,10,11,12,13). The molecule has 0 aliphatic heterocycles. The fraction of sp³-hybridized carbons (Fsp3) is 0.143. The Morgan fingerprint density at radius 2 is 2.35 bits per heavy atom. The molecule has 0 aliphatic rings. The van der Waals surface area contributed by atoms with Crippen molar-refractivity contribution < 1.29 is 14.7 Å². The Morgan fingerprint density at radius 3 is 2.94 bits per heavy atom. The van der Waals surface area contributed by atoms with Gasteiger partial charge in [-0.25, -0.2) is 9.78 Å². The van der Waals surface area contributed by atoms with Crippen LogP contribution in [0.15, 0.2) is 5.38 Å². The molecule has 0 bridgehead atoms. The molecule has 2 aromatic heterocycles. The van der Waals surface area contributed by atoms with E-state index in [1.807, 2.05) is 0 Å². The summed E-state index contributed by atoms with van der Waals surface area (Å²) < 4.78 is 0. The van der Waals surface area contributed by atoms with Crippen LogP contribution < -0.4 is 5.32 Å². The maximum Gasteiger partial charge on any atom is 0.355 e. The highest BCUT2D eigenvalue weighted by molar-refractivity contribution is 7.09. The first-order valence-electron chi connectivity index (χ1n) is 4.36. The number of carboxylic acids is 1. The van der Waals surface area contributed by atoms with Crippen molar-refractivity contribution in [1.82, 2.24) is 30.9 Å². The number of carboxylic acid groups (broad SMARTS) is 1. The third kappa shape index (κ3) is 2.60. The van der Waals surface area contributed by atoms with Gasteiger partial charge in [-0.15, -0.1) is 21.5 Å². The molecule has 0 atom stereocenters. The normalized spacial score (nSPS) is 10.1. The van der Waals surface area contributed by atoms with E-state index in [2.05, 4.69) is 30.9 Å². The minimum atomic E-state index is -1.10. The molecule has 2 rings (SSSR count). The Balaban J connectivity index is 1.93. The number of aromatic amines is 1. The first-order chi connectivity index (χ1) is 8.16. The van der Waals surface area contributed by atoms with Crippen molar-refractivity contribution in [3.05, 3.63) is 21.9 Å². The van der Waals surface area contributed by atoms with Gasteiger partial charge in [0.25, 0.3) is 11.7 Å². The summed E-state index contributed by atoms with van der Waals surface area (Å²) in [6.07, 6.45) is 0. The van der Waals surface area contributed by atoms with E-state index in [9.17, 15) is 9.59 Å². The molecule has 0 saturated carbocycles. The van der Waals surface area contributed by atoms with Crippen LogP contribution in [0.1, 0.15) is 26.1 Å². The molecule has 88 valence electrons. The summed E-state index contributed by atoms with van der Waals surface area (Å²) in [6.45, 7) is 0.116. The monoisotopic (exact) mass is 254 g/mol. The largest absolute Gasteiger partial charge is 0.476 e. The van der Waals surface area contributed by atoms with Crippen LogP contribution in [0, 0.1) is 0 Å². The number of hydrogen-bond acceptors (Lipinski definition) is 7. The minimum Gasteiger partial charge on any atom is -0.476 e. The number of aromatic carboxylic acids is 1. The van der Waals surface area contributed by atoms with Crippen molar-refractivity contribution >= 4 is 23.2 Å². The second-order valence-corrected chi connectivity index (χ2v) is 3.79. The third-order valence-corrected chi connectivity index (χ3v) is 2.57. The van der Waals surface area contributed by atoms with E-state index < -0.39 is 11.9 Å². The molecule has 0 radical (unpaired) electrons. The van der Waals surface area contributed by atoms with Crippen LogP contribution in [-0.2, 0) is 6.54 Å². The predicted molar refractivity (Wildman–Crippen MR) is 54.4 cm³/mol. The predicted octanol–water partition coefficient (Wildman–Crippen LogP) is -0.716. The number of H-pyrrole nitrogens is 1. The molecule has 0 aliphatic carbocycles. The van der Waals surface area contributed by atoms with Crippen LogP contribution in [0.5, 0.6) is 0 Å². The van der Waals surface area contributed by atoms with Gasteiger partial charge in [0.15, 0.2) is 5.69 Å². The molecular weight excluding hydrogens is 248 g/mol. The van der Waals surface area contributed by atoms with Gasteiger partial charge in [-0.05, 0) is 5.21 Å². The van der Waals surface area contributed by atoms with Crippen molar-refractivity contribution in [3.8, 4) is 0 Å². The summed E-state index contributed by atoms with van der Waals surface area (Å²) in [4.78, 5) is 25.8. The van der Waals surface area contributed by atoms with Crippen molar-refractivity contribution in [3.63, 3.8) is 0 Å². The van der Waals surface area contributed by atoms with Gasteiger partial charge >= 0.3 is 5.97 Å². The summed E-state index contributed by atoms with van der Waals surface area (Å²) in [7, 11) is 0. The summed E-state index contributed by atoms with van der Waals surface area (Å²) in [5.41, 5.74) is -0.0428. The molecule has 3 N–H and O–H groups in total. The Morgan fingerprint density at radius 1 is 1.53 bits per heavy atom. The van der Waals surface area contributed by atoms with Crippen LogP contribution in [-0.4, -0.2) is 42.6 Å². The third-order valence-electron chi connectivity index (χ3n) is 1.72. The summed E-state index contributed by atoms with van der Waals surface area (Å²) in [5, 5.41) is 25.4. The Hall–Kier alpha value is -2.36. The highest BCUT2D eigenvalue weighted by Crippen LogP contribution is 2.09. The van der Waals surface area contributed by atoms with E-state index in [1.165, 1.54) is 5.38 Å². The van der Waals surface area contributed by atoms with Gasteiger partial charge in [0, 0.05) is 5.38 Å². The zero-order valence-electron chi connectivity index (χ0n) is 8.25. The van der Waals surface area contributed by atoms with Crippen LogP contribution in [0.2, 0.25) is 0 Å². The van der Waals surface area contributed by atoms with Gasteiger partial charge in [0.1, 0.15) is 5.01 Å². The number of rotatable bonds is 4. The van der Waals surface area contributed by atoms with Crippen molar-refractivity contribution in [2.75, 3.05) is 0 Å². The van der Waals surface area contributed by atoms with E-state index in [-0.39, 0.29) is 18.1 Å². The molecule has 17 heavy (non-hydrogen) atoms. The molecule has 2 heterocycles. The first-order valence-corrected chi connectivity index (χ1v) is 5.24. The SMILES string of the molecule is O=C(O)c1csc(CNC(=O)c2nn[nH]n2)n1. The molecule has 0 saturated heterocycles. The molecule has 0 aromatic carbocycles. The lowest BCUT2D eigenvalue weighted by molar-refractivity contribution is 0.0691. The van der Waals surface area contributed by atoms with E-state index in [0.717, 1.165) is 11.3 Å². The van der Waals surface area contributed by atoms with Gasteiger partial charge in [0.05, 0.1) is 6.54 Å². The van der Waals surface area contributed by atoms with Crippen LogP contribution >= 0.6 is 11.3 Å². The molecule has 10 heteroatoms. The zero-order valence-corrected chi connectivity index (χ0v) is 9.06. The Labute approximate surface area is 97.9 Å². The number of amides is 1. The molecule has 1 amide bonds. The lowest BCUT2D eigenvalue weighted by Crippen LogP contribution is -2.24. The van der Waals surface area contributed by atoms with Crippen molar-refractivity contribution in [1.29, 1.82) is 0 Å². The van der Waals surface area contributed by atoms with Crippen LogP contribution in [0.4, 0.5) is 0 Å². The number of tetrazole rings is 1. The average molecular weight is 254 g/mol. The highest BCUT2D eigenvalue weighted by atomic mass is 32.1. The maximum atomic E-state index is 11.4. The molecule has 0 spiro atoms. The summed E-state index contributed by atoms with van der Waals surface area (Å²) in [6, 6.07) is 0. The van der Waals surface area contributed by atoms with Gasteiger partial charge in [-0.2, -0.15) is 5.21 Å². The van der Waals surface area contributed by atoms with E-state index >= 15 is 0 Å². The topological polar surface area (TPSA) is 134 Å². The summed E-state index contributed by atoms with van der Waals surface area (Å²) in [5.74, 6) is -1.69. The Bertz CT molecular complexity index is 536. The molecule has 2 aromatic rings. The van der Waals surface area contributed by atoms with Crippen LogP contribution in [0.3, 0.4) is 0 Å². The number of carbonyl (C=O) groups excluding carboxylic acids is 1. The molecular formula is C7H6N6O3S. The second kappa shape index (κ2) is 4.65. The van der Waals surface area contributed by atoms with Gasteiger partial charge < -0.3 is 10.4 Å². The van der Waals surface area contributed by atoms with E-state index in [1.54, 1.807) is 0 Å². The molecule has 0 fully saturated rings. The number of carbonyl (C=O) groups is 2. The van der Waals surface area contributed by atoms with Gasteiger partial charge in [0.2, 0.25) is 0 Å². The second-order valence-electron chi connectivity index (χ2n) is 2.85. The van der Waals surface area contributed by atoms with Crippen molar-refractivity contribution in [2.24, 2.45) is 0 Å². The number of aromatic nitrogens is 5. The highest BCUT2D eigenvalue weighted by Gasteiger charge is 2.12.